The highest BCUT2D eigenvalue weighted by molar-refractivity contribution is 5.88. The van der Waals surface area contributed by atoms with Crippen LogP contribution in [0.15, 0.2) is 24.3 Å². The molecule has 0 heterocycles. The molecular weight excluding hydrogens is 327 g/mol. The molecule has 8 heteroatoms. The summed E-state index contributed by atoms with van der Waals surface area (Å²) in [5, 5.41) is 11.3. The zero-order valence-corrected chi connectivity index (χ0v) is 13.4. The number of aromatic carboxylic acids is 1. The van der Waals surface area contributed by atoms with Crippen LogP contribution in [0.4, 0.5) is 18.0 Å². The van der Waals surface area contributed by atoms with Gasteiger partial charge in [-0.2, -0.15) is 13.2 Å². The second-order valence-electron chi connectivity index (χ2n) is 5.93. The number of carboxylic acid groups (broad SMARTS) is 1. The fourth-order valence-corrected chi connectivity index (χ4v) is 1.69. The third-order valence-electron chi connectivity index (χ3n) is 2.60. The van der Waals surface area contributed by atoms with Crippen molar-refractivity contribution in [2.75, 3.05) is 6.54 Å². The van der Waals surface area contributed by atoms with Gasteiger partial charge in [-0.3, -0.25) is 0 Å². The molecule has 0 bridgehead atoms. The monoisotopic (exact) mass is 345 g/mol. The van der Waals surface area contributed by atoms with Gasteiger partial charge in [0.1, 0.15) is 5.60 Å². The van der Waals surface area contributed by atoms with Crippen LogP contribution in [0.25, 0.3) is 6.08 Å². The minimum absolute atomic E-state index is 0.0214. The second-order valence-corrected chi connectivity index (χ2v) is 5.93. The lowest BCUT2D eigenvalue weighted by molar-refractivity contribution is -0.137. The number of carbonyl (C=O) groups excluding carboxylic acids is 1. The number of alkyl carbamates (subject to hydrolysis) is 1. The standard InChI is InChI=1S/C16H18F3NO4/c1-15(2,3)24-14(23)20-6-4-5-10-7-11(13(21)22)9-12(8-10)16(17,18)19/h4-5,7-9H,6H2,1-3H3,(H,20,23)(H,21,22). The number of alkyl halides is 3. The summed E-state index contributed by atoms with van der Waals surface area (Å²) >= 11 is 0. The lowest BCUT2D eigenvalue weighted by Crippen LogP contribution is -2.32. The van der Waals surface area contributed by atoms with Gasteiger partial charge >= 0.3 is 18.2 Å². The van der Waals surface area contributed by atoms with E-state index in [1.165, 1.54) is 12.2 Å². The molecule has 1 amide bonds. The molecule has 0 aliphatic carbocycles. The first-order valence-electron chi connectivity index (χ1n) is 6.97. The summed E-state index contributed by atoms with van der Waals surface area (Å²) in [5.41, 5.74) is -2.12. The predicted octanol–water partition coefficient (Wildman–Crippen LogP) is 3.94. The summed E-state index contributed by atoms with van der Waals surface area (Å²) in [6.45, 7) is 5.10. The predicted molar refractivity (Wildman–Crippen MR) is 81.7 cm³/mol. The highest BCUT2D eigenvalue weighted by Crippen LogP contribution is 2.31. The fourth-order valence-electron chi connectivity index (χ4n) is 1.69. The van der Waals surface area contributed by atoms with Crippen LogP contribution < -0.4 is 5.32 Å². The molecule has 0 radical (unpaired) electrons. The highest BCUT2D eigenvalue weighted by atomic mass is 19.4. The average molecular weight is 345 g/mol. The van der Waals surface area contributed by atoms with Crippen molar-refractivity contribution in [3.05, 3.63) is 41.0 Å². The zero-order chi connectivity index (χ0) is 18.5. The molecule has 0 saturated heterocycles. The summed E-state index contributed by atoms with van der Waals surface area (Å²) in [5.74, 6) is -1.46. The van der Waals surface area contributed by atoms with Gasteiger partial charge in [-0.05, 0) is 44.5 Å². The normalized spacial score (nSPS) is 12.2. The van der Waals surface area contributed by atoms with Crippen LogP contribution in [-0.4, -0.2) is 29.3 Å². The van der Waals surface area contributed by atoms with Gasteiger partial charge in [-0.1, -0.05) is 12.2 Å². The van der Waals surface area contributed by atoms with Gasteiger partial charge < -0.3 is 15.2 Å². The molecule has 0 unspecified atom stereocenters. The van der Waals surface area contributed by atoms with E-state index < -0.39 is 35.0 Å². The van der Waals surface area contributed by atoms with Gasteiger partial charge in [0.15, 0.2) is 0 Å². The number of carboxylic acids is 1. The van der Waals surface area contributed by atoms with Gasteiger partial charge in [0.25, 0.3) is 0 Å². The number of halogens is 3. The average Bonchev–Trinajstić information content (AvgIpc) is 2.40. The first kappa shape index (κ1) is 19.5. The van der Waals surface area contributed by atoms with E-state index >= 15 is 0 Å². The number of ether oxygens (including phenoxy) is 1. The van der Waals surface area contributed by atoms with Crippen molar-refractivity contribution >= 4 is 18.1 Å². The van der Waals surface area contributed by atoms with Gasteiger partial charge in [0.2, 0.25) is 0 Å². The van der Waals surface area contributed by atoms with Crippen molar-refractivity contribution in [2.45, 2.75) is 32.5 Å². The van der Waals surface area contributed by atoms with E-state index in [9.17, 15) is 22.8 Å². The molecule has 2 N–H and O–H groups in total. The van der Waals surface area contributed by atoms with Crippen LogP contribution in [0.3, 0.4) is 0 Å². The van der Waals surface area contributed by atoms with Crippen molar-refractivity contribution in [1.82, 2.24) is 5.32 Å². The Bertz CT molecular complexity index is 646. The molecule has 0 atom stereocenters. The number of rotatable bonds is 4. The van der Waals surface area contributed by atoms with Crippen molar-refractivity contribution in [2.24, 2.45) is 0 Å². The van der Waals surface area contributed by atoms with E-state index in [0.717, 1.165) is 12.1 Å². The molecule has 0 saturated carbocycles. The van der Waals surface area contributed by atoms with Crippen LogP contribution in [0.5, 0.6) is 0 Å². The summed E-state index contributed by atoms with van der Waals surface area (Å²) in [6, 6.07) is 2.51. The molecule has 1 aromatic carbocycles. The molecule has 1 aromatic rings. The Kier molecular flexibility index (Phi) is 6.00. The maximum Gasteiger partial charge on any atom is 0.416 e. The third kappa shape index (κ3) is 6.72. The van der Waals surface area contributed by atoms with Crippen molar-refractivity contribution in [3.8, 4) is 0 Å². The number of nitrogens with one attached hydrogen (secondary N) is 1. The van der Waals surface area contributed by atoms with Crippen molar-refractivity contribution < 1.29 is 32.6 Å². The fraction of sp³-hybridized carbons (Fsp3) is 0.375. The zero-order valence-electron chi connectivity index (χ0n) is 13.4. The minimum atomic E-state index is -4.65. The largest absolute Gasteiger partial charge is 0.478 e. The van der Waals surface area contributed by atoms with Crippen LogP contribution in [0.1, 0.15) is 42.3 Å². The SMILES string of the molecule is CC(C)(C)OC(=O)NCC=Cc1cc(C(=O)O)cc(C(F)(F)F)c1. The molecule has 132 valence electrons. The smallest absolute Gasteiger partial charge is 0.416 e. The number of amides is 1. The molecule has 0 aromatic heterocycles. The van der Waals surface area contributed by atoms with Crippen LogP contribution >= 0.6 is 0 Å². The van der Waals surface area contributed by atoms with Gasteiger partial charge in [0, 0.05) is 6.54 Å². The van der Waals surface area contributed by atoms with E-state index in [0.29, 0.717) is 6.07 Å². The van der Waals surface area contributed by atoms with E-state index in [2.05, 4.69) is 5.32 Å². The Labute approximate surface area is 137 Å². The first-order chi connectivity index (χ1) is 10.9. The Balaban J connectivity index is 2.81. The number of hydrogen-bond acceptors (Lipinski definition) is 3. The molecule has 0 spiro atoms. The topological polar surface area (TPSA) is 75.6 Å². The van der Waals surface area contributed by atoms with Crippen molar-refractivity contribution in [3.63, 3.8) is 0 Å². The molecule has 5 nitrogen and oxygen atoms in total. The maximum absolute atomic E-state index is 12.8. The van der Waals surface area contributed by atoms with Crippen LogP contribution in [0.2, 0.25) is 0 Å². The molecule has 24 heavy (non-hydrogen) atoms. The van der Waals surface area contributed by atoms with E-state index in [4.69, 9.17) is 9.84 Å². The number of hydrogen-bond donors (Lipinski definition) is 2. The highest BCUT2D eigenvalue weighted by Gasteiger charge is 2.31. The molecule has 1 rings (SSSR count). The Morgan fingerprint density at radius 3 is 2.33 bits per heavy atom. The third-order valence-corrected chi connectivity index (χ3v) is 2.60. The minimum Gasteiger partial charge on any atom is -0.478 e. The summed E-state index contributed by atoms with van der Waals surface area (Å²) < 4.78 is 43.3. The van der Waals surface area contributed by atoms with Gasteiger partial charge in [-0.15, -0.1) is 0 Å². The first-order valence-corrected chi connectivity index (χ1v) is 6.97. The van der Waals surface area contributed by atoms with Crippen LogP contribution in [0, 0.1) is 0 Å². The summed E-state index contributed by atoms with van der Waals surface area (Å²) in [6.07, 6.45) is -2.63. The summed E-state index contributed by atoms with van der Waals surface area (Å²) in [4.78, 5) is 22.3. The van der Waals surface area contributed by atoms with Crippen molar-refractivity contribution in [1.29, 1.82) is 0 Å². The number of carbonyl (C=O) groups is 2. The summed E-state index contributed by atoms with van der Waals surface area (Å²) in [7, 11) is 0. The molecule has 0 fully saturated rings. The Morgan fingerprint density at radius 2 is 1.83 bits per heavy atom. The lowest BCUT2D eigenvalue weighted by atomic mass is 10.0. The maximum atomic E-state index is 12.8. The van der Waals surface area contributed by atoms with Crippen LogP contribution in [-0.2, 0) is 10.9 Å². The van der Waals surface area contributed by atoms with E-state index in [1.54, 1.807) is 20.8 Å². The quantitative estimate of drug-likeness (QED) is 0.867. The Morgan fingerprint density at radius 1 is 1.21 bits per heavy atom. The number of benzene rings is 1. The lowest BCUT2D eigenvalue weighted by Gasteiger charge is -2.19. The van der Waals surface area contributed by atoms with E-state index in [1.807, 2.05) is 0 Å². The van der Waals surface area contributed by atoms with Gasteiger partial charge in [-0.25, -0.2) is 9.59 Å². The van der Waals surface area contributed by atoms with E-state index in [-0.39, 0.29) is 12.1 Å². The molecular formula is C16H18F3NO4. The van der Waals surface area contributed by atoms with Gasteiger partial charge in [0.05, 0.1) is 11.1 Å². The molecule has 0 aliphatic rings. The molecule has 0 aliphatic heterocycles. The second kappa shape index (κ2) is 7.37. The Hall–Kier alpha value is -2.51.